The molecule has 1 aliphatic heterocycles. The SMILES string of the molecule is O=c1ccn2c(c1)-c1cc(C(F)(F)F)ccc1CC2. The Balaban J connectivity index is 2.24. The molecule has 19 heavy (non-hydrogen) atoms. The molecule has 2 heterocycles. The minimum Gasteiger partial charge on any atom is -0.347 e. The van der Waals surface area contributed by atoms with E-state index in [1.54, 1.807) is 6.20 Å². The number of rotatable bonds is 0. The molecule has 2 nitrogen and oxygen atoms in total. The predicted octanol–water partition coefficient (Wildman–Crippen LogP) is 3.09. The Bertz CT molecular complexity index is 701. The van der Waals surface area contributed by atoms with E-state index in [-0.39, 0.29) is 5.43 Å². The van der Waals surface area contributed by atoms with Crippen molar-refractivity contribution in [3.63, 3.8) is 0 Å². The number of nitrogens with zero attached hydrogens (tertiary/aromatic N) is 1. The molecule has 0 spiro atoms. The number of benzene rings is 1. The molecular weight excluding hydrogens is 255 g/mol. The zero-order valence-corrected chi connectivity index (χ0v) is 9.87. The van der Waals surface area contributed by atoms with Gasteiger partial charge in [-0.15, -0.1) is 0 Å². The first-order chi connectivity index (χ1) is 8.95. The molecule has 5 heteroatoms. The zero-order chi connectivity index (χ0) is 13.6. The molecule has 0 bridgehead atoms. The zero-order valence-electron chi connectivity index (χ0n) is 9.87. The Morgan fingerprint density at radius 2 is 1.89 bits per heavy atom. The van der Waals surface area contributed by atoms with Crippen LogP contribution in [-0.4, -0.2) is 4.57 Å². The number of hydrogen-bond acceptors (Lipinski definition) is 1. The molecular formula is C14H10F3NO. The number of aromatic nitrogens is 1. The van der Waals surface area contributed by atoms with E-state index in [0.29, 0.717) is 24.2 Å². The van der Waals surface area contributed by atoms with Gasteiger partial charge in [-0.05, 0) is 24.1 Å². The molecule has 0 atom stereocenters. The molecule has 0 unspecified atom stereocenters. The van der Waals surface area contributed by atoms with Crippen molar-refractivity contribution < 1.29 is 13.2 Å². The van der Waals surface area contributed by atoms with Gasteiger partial charge in [-0.3, -0.25) is 4.79 Å². The van der Waals surface area contributed by atoms with Crippen LogP contribution in [0.4, 0.5) is 13.2 Å². The molecule has 0 saturated heterocycles. The van der Waals surface area contributed by atoms with Crippen LogP contribution in [0.1, 0.15) is 11.1 Å². The molecule has 3 rings (SSSR count). The van der Waals surface area contributed by atoms with Crippen LogP contribution in [0.3, 0.4) is 0 Å². The van der Waals surface area contributed by atoms with Crippen LogP contribution >= 0.6 is 0 Å². The van der Waals surface area contributed by atoms with E-state index in [1.807, 2.05) is 4.57 Å². The average molecular weight is 265 g/mol. The van der Waals surface area contributed by atoms with E-state index in [2.05, 4.69) is 0 Å². The van der Waals surface area contributed by atoms with Gasteiger partial charge in [0.15, 0.2) is 5.43 Å². The monoisotopic (exact) mass is 265 g/mol. The number of pyridine rings is 1. The Kier molecular flexibility index (Phi) is 2.52. The molecule has 0 saturated carbocycles. The summed E-state index contributed by atoms with van der Waals surface area (Å²) in [7, 11) is 0. The van der Waals surface area contributed by atoms with Crippen molar-refractivity contribution in [1.29, 1.82) is 0 Å². The highest BCUT2D eigenvalue weighted by molar-refractivity contribution is 5.66. The third kappa shape index (κ3) is 2.05. The standard InChI is InChI=1S/C14H10F3NO/c15-14(16,17)10-2-1-9-3-5-18-6-4-11(19)8-13(18)12(9)7-10/h1-2,4,6-8H,3,5H2. The molecule has 1 aliphatic rings. The molecule has 0 radical (unpaired) electrons. The molecule has 98 valence electrons. The Morgan fingerprint density at radius 3 is 2.63 bits per heavy atom. The van der Waals surface area contributed by atoms with Gasteiger partial charge in [-0.25, -0.2) is 0 Å². The lowest BCUT2D eigenvalue weighted by Gasteiger charge is -2.23. The van der Waals surface area contributed by atoms with Crippen molar-refractivity contribution in [1.82, 2.24) is 4.57 Å². The van der Waals surface area contributed by atoms with E-state index in [0.717, 1.165) is 17.7 Å². The van der Waals surface area contributed by atoms with Gasteiger partial charge in [0.25, 0.3) is 0 Å². The summed E-state index contributed by atoms with van der Waals surface area (Å²) in [4.78, 5) is 11.4. The second-order valence-electron chi connectivity index (χ2n) is 4.56. The lowest BCUT2D eigenvalue weighted by atomic mass is 9.95. The minimum absolute atomic E-state index is 0.198. The van der Waals surface area contributed by atoms with Gasteiger partial charge in [0.05, 0.1) is 11.3 Å². The smallest absolute Gasteiger partial charge is 0.347 e. The maximum Gasteiger partial charge on any atom is 0.416 e. The van der Waals surface area contributed by atoms with Gasteiger partial charge in [-0.2, -0.15) is 13.2 Å². The Hall–Kier alpha value is -2.04. The Morgan fingerprint density at radius 1 is 1.11 bits per heavy atom. The van der Waals surface area contributed by atoms with Crippen LogP contribution in [-0.2, 0) is 19.1 Å². The van der Waals surface area contributed by atoms with E-state index >= 15 is 0 Å². The lowest BCUT2D eigenvalue weighted by Crippen LogP contribution is -2.16. The first kappa shape index (κ1) is 12.0. The summed E-state index contributed by atoms with van der Waals surface area (Å²) in [5, 5.41) is 0. The summed E-state index contributed by atoms with van der Waals surface area (Å²) in [5.41, 5.74) is 1.02. The van der Waals surface area contributed by atoms with Crippen LogP contribution in [0.5, 0.6) is 0 Å². The van der Waals surface area contributed by atoms with Crippen molar-refractivity contribution in [3.8, 4) is 11.3 Å². The van der Waals surface area contributed by atoms with Crippen LogP contribution < -0.4 is 5.43 Å². The third-order valence-electron chi connectivity index (χ3n) is 3.34. The van der Waals surface area contributed by atoms with Crippen LogP contribution in [0.2, 0.25) is 0 Å². The van der Waals surface area contributed by atoms with Gasteiger partial charge in [0, 0.05) is 30.4 Å². The quantitative estimate of drug-likeness (QED) is 0.717. The fourth-order valence-corrected chi connectivity index (χ4v) is 2.39. The third-order valence-corrected chi connectivity index (χ3v) is 3.34. The van der Waals surface area contributed by atoms with E-state index in [4.69, 9.17) is 0 Å². The lowest BCUT2D eigenvalue weighted by molar-refractivity contribution is -0.137. The molecule has 0 aliphatic carbocycles. The Labute approximate surface area is 107 Å². The molecule has 0 fully saturated rings. The summed E-state index contributed by atoms with van der Waals surface area (Å²) in [5.74, 6) is 0. The largest absolute Gasteiger partial charge is 0.416 e. The van der Waals surface area contributed by atoms with Gasteiger partial charge in [-0.1, -0.05) is 6.07 Å². The summed E-state index contributed by atoms with van der Waals surface area (Å²) < 4.78 is 40.0. The van der Waals surface area contributed by atoms with Gasteiger partial charge < -0.3 is 4.57 Å². The predicted molar refractivity (Wildman–Crippen MR) is 64.8 cm³/mol. The van der Waals surface area contributed by atoms with Gasteiger partial charge in [0.2, 0.25) is 0 Å². The van der Waals surface area contributed by atoms with Crippen LogP contribution in [0, 0.1) is 0 Å². The maximum atomic E-state index is 12.7. The van der Waals surface area contributed by atoms with E-state index < -0.39 is 11.7 Å². The van der Waals surface area contributed by atoms with E-state index in [1.165, 1.54) is 18.2 Å². The fourth-order valence-electron chi connectivity index (χ4n) is 2.39. The molecule has 1 aromatic heterocycles. The topological polar surface area (TPSA) is 22.0 Å². The summed E-state index contributed by atoms with van der Waals surface area (Å²) in [6.07, 6.45) is -2.07. The number of fused-ring (bicyclic) bond motifs is 3. The maximum absolute atomic E-state index is 12.7. The van der Waals surface area contributed by atoms with Crippen molar-refractivity contribution in [2.45, 2.75) is 19.1 Å². The first-order valence-electron chi connectivity index (χ1n) is 5.86. The fraction of sp³-hybridized carbons (Fsp3) is 0.214. The highest BCUT2D eigenvalue weighted by atomic mass is 19.4. The van der Waals surface area contributed by atoms with E-state index in [9.17, 15) is 18.0 Å². The molecule has 2 aromatic rings. The second-order valence-corrected chi connectivity index (χ2v) is 4.56. The van der Waals surface area contributed by atoms with Crippen molar-refractivity contribution >= 4 is 0 Å². The normalized spacial score (nSPS) is 13.8. The minimum atomic E-state index is -4.37. The van der Waals surface area contributed by atoms with Crippen LogP contribution in [0.15, 0.2) is 41.3 Å². The number of aryl methyl sites for hydroxylation is 2. The number of halogens is 3. The van der Waals surface area contributed by atoms with Crippen LogP contribution in [0.25, 0.3) is 11.3 Å². The average Bonchev–Trinajstić information content (AvgIpc) is 2.37. The summed E-state index contributed by atoms with van der Waals surface area (Å²) in [6, 6.07) is 6.52. The van der Waals surface area contributed by atoms with Crippen molar-refractivity contribution in [2.24, 2.45) is 0 Å². The summed E-state index contributed by atoms with van der Waals surface area (Å²) in [6.45, 7) is 0.675. The first-order valence-corrected chi connectivity index (χ1v) is 5.86. The molecule has 0 amide bonds. The van der Waals surface area contributed by atoms with Gasteiger partial charge in [0.1, 0.15) is 0 Å². The van der Waals surface area contributed by atoms with Gasteiger partial charge >= 0.3 is 6.18 Å². The summed E-state index contributed by atoms with van der Waals surface area (Å²) >= 11 is 0. The highest BCUT2D eigenvalue weighted by Crippen LogP contribution is 2.35. The number of alkyl halides is 3. The highest BCUT2D eigenvalue weighted by Gasteiger charge is 2.31. The molecule has 0 N–H and O–H groups in total. The number of hydrogen-bond donors (Lipinski definition) is 0. The second kappa shape index (κ2) is 3.98. The van der Waals surface area contributed by atoms with Crippen molar-refractivity contribution in [3.05, 3.63) is 57.9 Å². The van der Waals surface area contributed by atoms with Crippen molar-refractivity contribution in [2.75, 3.05) is 0 Å². The molecule has 1 aromatic carbocycles.